The summed E-state index contributed by atoms with van der Waals surface area (Å²) in [6.07, 6.45) is 1.24. The molecular weight excluding hydrogens is 430 g/mol. The van der Waals surface area contributed by atoms with Gasteiger partial charge in [0.25, 0.3) is 0 Å². The highest BCUT2D eigenvalue weighted by molar-refractivity contribution is 5.70. The Morgan fingerprint density at radius 1 is 0.912 bits per heavy atom. The molecule has 4 rings (SSSR count). The summed E-state index contributed by atoms with van der Waals surface area (Å²) in [5, 5.41) is 9.44. The van der Waals surface area contributed by atoms with E-state index in [1.807, 2.05) is 60.7 Å². The number of ether oxygens (including phenoxy) is 3. The molecule has 3 aromatic carbocycles. The molecule has 1 aliphatic heterocycles. The van der Waals surface area contributed by atoms with E-state index in [0.717, 1.165) is 22.4 Å². The molecule has 1 atom stereocenters. The molecule has 1 N–H and O–H groups in total. The van der Waals surface area contributed by atoms with Crippen LogP contribution in [0, 0.1) is 5.92 Å². The van der Waals surface area contributed by atoms with E-state index in [-0.39, 0.29) is 12.0 Å². The lowest BCUT2D eigenvalue weighted by molar-refractivity contribution is -0.143. The summed E-state index contributed by atoms with van der Waals surface area (Å²) in [7, 11) is 3.32. The first kappa shape index (κ1) is 23.6. The fourth-order valence-electron chi connectivity index (χ4n) is 4.59. The SMILES string of the molecule is COc1cc(C(c2ccccc2OC)N2CCC(C(=O)O)CC2)ccc1OCc1ccccc1. The highest BCUT2D eigenvalue weighted by atomic mass is 16.5. The van der Waals surface area contributed by atoms with E-state index >= 15 is 0 Å². The number of likely N-dealkylation sites (tertiary alicyclic amines) is 1. The Balaban J connectivity index is 1.65. The molecule has 0 saturated carbocycles. The normalized spacial score (nSPS) is 15.5. The second-order valence-electron chi connectivity index (χ2n) is 8.48. The Bertz CT molecular complexity index is 1090. The first-order valence-corrected chi connectivity index (χ1v) is 11.5. The number of piperidine rings is 1. The molecule has 0 amide bonds. The Hall–Kier alpha value is -3.51. The van der Waals surface area contributed by atoms with Crippen LogP contribution in [0.25, 0.3) is 0 Å². The third-order valence-electron chi connectivity index (χ3n) is 6.42. The molecule has 0 spiro atoms. The van der Waals surface area contributed by atoms with E-state index < -0.39 is 5.97 Å². The smallest absolute Gasteiger partial charge is 0.306 e. The molecule has 6 heteroatoms. The quantitative estimate of drug-likeness (QED) is 0.474. The maximum atomic E-state index is 11.5. The molecule has 1 unspecified atom stereocenters. The van der Waals surface area contributed by atoms with Crippen molar-refractivity contribution in [3.63, 3.8) is 0 Å². The van der Waals surface area contributed by atoms with Gasteiger partial charge in [0.05, 0.1) is 26.2 Å². The van der Waals surface area contributed by atoms with Crippen molar-refractivity contribution in [1.82, 2.24) is 4.90 Å². The molecule has 0 aromatic heterocycles. The monoisotopic (exact) mass is 461 g/mol. The Labute approximate surface area is 200 Å². The van der Waals surface area contributed by atoms with E-state index in [4.69, 9.17) is 14.2 Å². The summed E-state index contributed by atoms with van der Waals surface area (Å²) < 4.78 is 17.4. The third-order valence-corrected chi connectivity index (χ3v) is 6.42. The van der Waals surface area contributed by atoms with Gasteiger partial charge in [-0.15, -0.1) is 0 Å². The number of carboxylic acids is 1. The molecule has 1 heterocycles. The van der Waals surface area contributed by atoms with Crippen LogP contribution in [0.2, 0.25) is 0 Å². The molecule has 1 fully saturated rings. The average molecular weight is 462 g/mol. The average Bonchev–Trinajstić information content (AvgIpc) is 2.89. The number of benzene rings is 3. The summed E-state index contributed by atoms with van der Waals surface area (Å²) >= 11 is 0. The Morgan fingerprint density at radius 3 is 2.26 bits per heavy atom. The largest absolute Gasteiger partial charge is 0.496 e. The lowest BCUT2D eigenvalue weighted by Crippen LogP contribution is -2.39. The van der Waals surface area contributed by atoms with Crippen LogP contribution in [0.1, 0.15) is 35.6 Å². The summed E-state index contributed by atoms with van der Waals surface area (Å²) in [6.45, 7) is 1.83. The van der Waals surface area contributed by atoms with Gasteiger partial charge in [0.15, 0.2) is 11.5 Å². The molecule has 1 aliphatic rings. The van der Waals surface area contributed by atoms with E-state index in [2.05, 4.69) is 17.0 Å². The number of carboxylic acid groups (broad SMARTS) is 1. The van der Waals surface area contributed by atoms with Gasteiger partial charge < -0.3 is 19.3 Å². The zero-order valence-corrected chi connectivity index (χ0v) is 19.6. The van der Waals surface area contributed by atoms with Crippen LogP contribution in [0.15, 0.2) is 72.8 Å². The van der Waals surface area contributed by atoms with Crippen LogP contribution < -0.4 is 14.2 Å². The van der Waals surface area contributed by atoms with Gasteiger partial charge in [-0.3, -0.25) is 9.69 Å². The predicted molar refractivity (Wildman–Crippen MR) is 131 cm³/mol. The van der Waals surface area contributed by atoms with Crippen molar-refractivity contribution < 1.29 is 24.1 Å². The third kappa shape index (κ3) is 5.34. The lowest BCUT2D eigenvalue weighted by atomic mass is 9.90. The minimum atomic E-state index is -0.713. The molecule has 3 aromatic rings. The van der Waals surface area contributed by atoms with Crippen LogP contribution in [0.3, 0.4) is 0 Å². The summed E-state index contributed by atoms with van der Waals surface area (Å²) in [5.74, 6) is 1.14. The second-order valence-corrected chi connectivity index (χ2v) is 8.48. The van der Waals surface area contributed by atoms with E-state index in [1.54, 1.807) is 14.2 Å². The maximum Gasteiger partial charge on any atom is 0.306 e. The first-order valence-electron chi connectivity index (χ1n) is 11.5. The van der Waals surface area contributed by atoms with Gasteiger partial charge in [0, 0.05) is 5.56 Å². The fraction of sp³-hybridized carbons (Fsp3) is 0.321. The fourth-order valence-corrected chi connectivity index (χ4v) is 4.59. The summed E-state index contributed by atoms with van der Waals surface area (Å²) in [5.41, 5.74) is 3.17. The van der Waals surface area contributed by atoms with Gasteiger partial charge in [-0.2, -0.15) is 0 Å². The number of rotatable bonds is 9. The highest BCUT2D eigenvalue weighted by Crippen LogP contribution is 2.40. The molecule has 178 valence electrons. The van der Waals surface area contributed by atoms with Crippen molar-refractivity contribution in [2.45, 2.75) is 25.5 Å². The van der Waals surface area contributed by atoms with Crippen LogP contribution in [-0.2, 0) is 11.4 Å². The van der Waals surface area contributed by atoms with Crippen LogP contribution >= 0.6 is 0 Å². The van der Waals surface area contributed by atoms with Gasteiger partial charge in [-0.05, 0) is 55.3 Å². The summed E-state index contributed by atoms with van der Waals surface area (Å²) in [4.78, 5) is 13.8. The van der Waals surface area contributed by atoms with Crippen LogP contribution in [0.4, 0.5) is 0 Å². The first-order chi connectivity index (χ1) is 16.6. The molecule has 0 radical (unpaired) electrons. The van der Waals surface area contributed by atoms with Crippen molar-refractivity contribution in [2.24, 2.45) is 5.92 Å². The molecule has 34 heavy (non-hydrogen) atoms. The molecule has 0 aliphatic carbocycles. The molecule has 6 nitrogen and oxygen atoms in total. The second kappa shape index (κ2) is 11.1. The molecular formula is C28H31NO5. The molecule has 0 bridgehead atoms. The Morgan fingerprint density at radius 2 is 1.59 bits per heavy atom. The number of nitrogens with zero attached hydrogens (tertiary/aromatic N) is 1. The Kier molecular flexibility index (Phi) is 7.70. The van der Waals surface area contributed by atoms with Crippen molar-refractivity contribution >= 4 is 5.97 Å². The van der Waals surface area contributed by atoms with Crippen molar-refractivity contribution in [1.29, 1.82) is 0 Å². The van der Waals surface area contributed by atoms with Crippen molar-refractivity contribution in [2.75, 3.05) is 27.3 Å². The van der Waals surface area contributed by atoms with Gasteiger partial charge in [-0.25, -0.2) is 0 Å². The number of hydrogen-bond acceptors (Lipinski definition) is 5. The summed E-state index contributed by atoms with van der Waals surface area (Å²) in [6, 6.07) is 23.9. The van der Waals surface area contributed by atoms with Gasteiger partial charge >= 0.3 is 5.97 Å². The predicted octanol–water partition coefficient (Wildman–Crippen LogP) is 5.17. The van der Waals surface area contributed by atoms with Gasteiger partial charge in [-0.1, -0.05) is 54.6 Å². The van der Waals surface area contributed by atoms with Gasteiger partial charge in [0.1, 0.15) is 12.4 Å². The van der Waals surface area contributed by atoms with Gasteiger partial charge in [0.2, 0.25) is 0 Å². The topological polar surface area (TPSA) is 68.2 Å². The maximum absolute atomic E-state index is 11.5. The lowest BCUT2D eigenvalue weighted by Gasteiger charge is -2.37. The molecule has 1 saturated heterocycles. The van der Waals surface area contributed by atoms with Crippen molar-refractivity contribution in [3.05, 3.63) is 89.5 Å². The van der Waals surface area contributed by atoms with E-state index in [9.17, 15) is 9.90 Å². The van der Waals surface area contributed by atoms with Crippen LogP contribution in [0.5, 0.6) is 17.2 Å². The number of aliphatic carboxylic acids is 1. The van der Waals surface area contributed by atoms with E-state index in [1.165, 1.54) is 0 Å². The number of carbonyl (C=O) groups is 1. The zero-order chi connectivity index (χ0) is 23.9. The highest BCUT2D eigenvalue weighted by Gasteiger charge is 2.32. The standard InChI is InChI=1S/C28H31NO5/c1-32-24-11-7-6-10-23(24)27(29-16-14-21(15-17-29)28(30)31)22-12-13-25(26(18-22)33-2)34-19-20-8-4-3-5-9-20/h3-13,18,21,27H,14-17,19H2,1-2H3,(H,30,31). The number of para-hydroxylation sites is 1. The minimum absolute atomic E-state index is 0.0945. The zero-order valence-electron chi connectivity index (χ0n) is 19.6. The van der Waals surface area contributed by atoms with Crippen LogP contribution in [-0.4, -0.2) is 43.3 Å². The van der Waals surface area contributed by atoms with Crippen molar-refractivity contribution in [3.8, 4) is 17.2 Å². The number of hydrogen-bond donors (Lipinski definition) is 1. The number of methoxy groups -OCH3 is 2. The van der Waals surface area contributed by atoms with E-state index in [0.29, 0.717) is 44.0 Å². The minimum Gasteiger partial charge on any atom is -0.496 e.